The summed E-state index contributed by atoms with van der Waals surface area (Å²) in [5, 5.41) is 3.52. The maximum absolute atomic E-state index is 12.3. The Morgan fingerprint density at radius 2 is 1.81 bits per heavy atom. The maximum Gasteiger partial charge on any atom is 0.248 e. The fourth-order valence-corrected chi connectivity index (χ4v) is 3.80. The van der Waals surface area contributed by atoms with Crippen LogP contribution in [0.2, 0.25) is 5.02 Å². The Hall–Kier alpha value is -2.76. The number of nitrogens with one attached hydrogen (secondary N) is 1. The molecule has 0 aromatic heterocycles. The molecule has 32 heavy (non-hydrogen) atoms. The fourth-order valence-electron chi connectivity index (χ4n) is 3.03. The van der Waals surface area contributed by atoms with Gasteiger partial charge in [-0.15, -0.1) is 0 Å². The van der Waals surface area contributed by atoms with Crippen molar-refractivity contribution >= 4 is 45.2 Å². The van der Waals surface area contributed by atoms with Crippen LogP contribution in [0.5, 0.6) is 11.5 Å². The average Bonchev–Trinajstić information content (AvgIpc) is 2.79. The van der Waals surface area contributed by atoms with Gasteiger partial charge in [0.05, 0.1) is 11.1 Å². The molecule has 3 aromatic carbocycles. The molecule has 166 valence electrons. The summed E-state index contributed by atoms with van der Waals surface area (Å²) in [5.41, 5.74) is 3.68. The lowest BCUT2D eigenvalue weighted by Crippen LogP contribution is -2.07. The van der Waals surface area contributed by atoms with Gasteiger partial charge in [0.25, 0.3) is 0 Å². The van der Waals surface area contributed by atoms with Crippen molar-refractivity contribution in [2.24, 2.45) is 0 Å². The Kier molecular flexibility index (Phi) is 8.77. The van der Waals surface area contributed by atoms with Crippen LogP contribution in [0, 0.1) is 0 Å². The number of amides is 1. The second kappa shape index (κ2) is 11.7. The number of ether oxygens (including phenoxy) is 2. The quantitative estimate of drug-likeness (QED) is 0.305. The summed E-state index contributed by atoms with van der Waals surface area (Å²) in [6.45, 7) is 4.80. The van der Waals surface area contributed by atoms with Crippen LogP contribution in [0.25, 0.3) is 6.08 Å². The first-order valence-electron chi connectivity index (χ1n) is 10.4. The Morgan fingerprint density at radius 3 is 2.50 bits per heavy atom. The van der Waals surface area contributed by atoms with Gasteiger partial charge in [-0.2, -0.15) is 0 Å². The smallest absolute Gasteiger partial charge is 0.248 e. The van der Waals surface area contributed by atoms with Crippen LogP contribution >= 0.6 is 27.5 Å². The first kappa shape index (κ1) is 23.9. The monoisotopic (exact) mass is 513 g/mol. The van der Waals surface area contributed by atoms with E-state index in [2.05, 4.69) is 28.2 Å². The number of hydrogen-bond donors (Lipinski definition) is 1. The van der Waals surface area contributed by atoms with Crippen molar-refractivity contribution in [3.63, 3.8) is 0 Å². The number of hydrogen-bond acceptors (Lipinski definition) is 3. The van der Waals surface area contributed by atoms with Crippen LogP contribution < -0.4 is 14.8 Å². The molecule has 1 amide bonds. The highest BCUT2D eigenvalue weighted by Crippen LogP contribution is 2.38. The number of benzene rings is 3. The minimum absolute atomic E-state index is 0.206. The number of aryl methyl sites for hydroxylation is 1. The highest BCUT2D eigenvalue weighted by Gasteiger charge is 2.13. The van der Waals surface area contributed by atoms with Gasteiger partial charge in [-0.05, 0) is 76.8 Å². The van der Waals surface area contributed by atoms with Crippen molar-refractivity contribution < 1.29 is 14.3 Å². The zero-order valence-electron chi connectivity index (χ0n) is 18.0. The lowest BCUT2D eigenvalue weighted by molar-refractivity contribution is -0.111. The lowest BCUT2D eigenvalue weighted by Gasteiger charge is -2.15. The number of halogens is 2. The van der Waals surface area contributed by atoms with Crippen molar-refractivity contribution in [1.29, 1.82) is 0 Å². The molecule has 0 fully saturated rings. The average molecular weight is 515 g/mol. The second-order valence-corrected chi connectivity index (χ2v) is 8.28. The van der Waals surface area contributed by atoms with Crippen molar-refractivity contribution in [2.45, 2.75) is 26.9 Å². The molecule has 6 heteroatoms. The molecule has 0 aliphatic rings. The minimum atomic E-state index is -0.206. The van der Waals surface area contributed by atoms with Gasteiger partial charge in [0.15, 0.2) is 11.5 Å². The first-order chi connectivity index (χ1) is 15.5. The Morgan fingerprint density at radius 1 is 1.06 bits per heavy atom. The zero-order valence-corrected chi connectivity index (χ0v) is 20.4. The second-order valence-electron chi connectivity index (χ2n) is 7.02. The number of anilines is 1. The minimum Gasteiger partial charge on any atom is -0.490 e. The molecule has 0 radical (unpaired) electrons. The zero-order chi connectivity index (χ0) is 22.9. The van der Waals surface area contributed by atoms with E-state index in [1.165, 1.54) is 11.6 Å². The van der Waals surface area contributed by atoms with Crippen LogP contribution in [0.4, 0.5) is 5.69 Å². The van der Waals surface area contributed by atoms with Gasteiger partial charge < -0.3 is 14.8 Å². The Bertz CT molecular complexity index is 1100. The van der Waals surface area contributed by atoms with Crippen molar-refractivity contribution in [1.82, 2.24) is 0 Å². The van der Waals surface area contributed by atoms with Crippen molar-refractivity contribution in [3.8, 4) is 11.5 Å². The topological polar surface area (TPSA) is 47.6 Å². The molecule has 3 rings (SSSR count). The summed E-state index contributed by atoms with van der Waals surface area (Å²) in [6.07, 6.45) is 4.19. The Labute approximate surface area is 202 Å². The highest BCUT2D eigenvalue weighted by molar-refractivity contribution is 9.10. The van der Waals surface area contributed by atoms with E-state index in [-0.39, 0.29) is 5.91 Å². The van der Waals surface area contributed by atoms with Gasteiger partial charge in [-0.25, -0.2) is 0 Å². The molecule has 0 heterocycles. The van der Waals surface area contributed by atoms with Crippen LogP contribution in [0.1, 0.15) is 30.5 Å². The van der Waals surface area contributed by atoms with Crippen molar-refractivity contribution in [2.75, 3.05) is 11.9 Å². The van der Waals surface area contributed by atoms with E-state index in [1.54, 1.807) is 6.08 Å². The van der Waals surface area contributed by atoms with Crippen molar-refractivity contribution in [3.05, 3.63) is 92.9 Å². The molecular weight excluding hydrogens is 490 g/mol. The normalized spacial score (nSPS) is 10.9. The molecule has 4 nitrogen and oxygen atoms in total. The summed E-state index contributed by atoms with van der Waals surface area (Å²) < 4.78 is 12.5. The Balaban J connectivity index is 1.72. The predicted molar refractivity (Wildman–Crippen MR) is 135 cm³/mol. The molecule has 0 bridgehead atoms. The molecule has 0 saturated carbocycles. The summed E-state index contributed by atoms with van der Waals surface area (Å²) in [6, 6.07) is 19.1. The third-order valence-electron chi connectivity index (χ3n) is 4.72. The molecule has 0 aliphatic heterocycles. The van der Waals surface area contributed by atoms with Crippen LogP contribution in [-0.2, 0) is 17.8 Å². The van der Waals surface area contributed by atoms with E-state index in [0.717, 1.165) is 27.7 Å². The van der Waals surface area contributed by atoms with E-state index in [1.807, 2.05) is 67.6 Å². The van der Waals surface area contributed by atoms with Crippen LogP contribution in [0.3, 0.4) is 0 Å². The SMILES string of the molecule is CCOc1cc(/C=C/C(=O)Nc2ccc(CC)cc2)cc(Br)c1OCc1ccccc1Cl. The number of carbonyl (C=O) groups excluding carboxylic acids is 1. The largest absolute Gasteiger partial charge is 0.490 e. The lowest BCUT2D eigenvalue weighted by atomic mass is 10.1. The van der Waals surface area contributed by atoms with Gasteiger partial charge in [0, 0.05) is 22.3 Å². The third kappa shape index (κ3) is 6.62. The molecule has 0 aliphatic carbocycles. The standard InChI is InChI=1S/C26H25BrClNO3/c1-3-18-9-12-21(13-10-18)29-25(30)14-11-19-15-22(27)26(24(16-19)31-4-2)32-17-20-7-5-6-8-23(20)28/h5-16H,3-4,17H2,1-2H3,(H,29,30)/b14-11+. The van der Waals surface area contributed by atoms with E-state index in [9.17, 15) is 4.79 Å². The summed E-state index contributed by atoms with van der Waals surface area (Å²) in [4.78, 5) is 12.3. The van der Waals surface area contributed by atoms with Gasteiger partial charge in [-0.3, -0.25) is 4.79 Å². The summed E-state index contributed by atoms with van der Waals surface area (Å²) >= 11 is 9.79. The maximum atomic E-state index is 12.3. The van der Waals surface area contributed by atoms with E-state index in [0.29, 0.717) is 29.7 Å². The van der Waals surface area contributed by atoms with Gasteiger partial charge >= 0.3 is 0 Å². The molecule has 0 atom stereocenters. The molecule has 3 aromatic rings. The van der Waals surface area contributed by atoms with Gasteiger partial charge in [-0.1, -0.05) is 48.9 Å². The molecular formula is C26H25BrClNO3. The first-order valence-corrected chi connectivity index (χ1v) is 11.6. The molecule has 1 N–H and O–H groups in total. The predicted octanol–water partition coefficient (Wildman–Crippen LogP) is 7.29. The van der Waals surface area contributed by atoms with Gasteiger partial charge in [0.2, 0.25) is 5.91 Å². The van der Waals surface area contributed by atoms with E-state index >= 15 is 0 Å². The summed E-state index contributed by atoms with van der Waals surface area (Å²) in [7, 11) is 0. The van der Waals surface area contributed by atoms with Gasteiger partial charge in [0.1, 0.15) is 6.61 Å². The molecule has 0 saturated heterocycles. The molecule has 0 spiro atoms. The van der Waals surface area contributed by atoms with E-state index < -0.39 is 0 Å². The van der Waals surface area contributed by atoms with Crippen LogP contribution in [-0.4, -0.2) is 12.5 Å². The van der Waals surface area contributed by atoms with E-state index in [4.69, 9.17) is 21.1 Å². The van der Waals surface area contributed by atoms with Crippen LogP contribution in [0.15, 0.2) is 71.2 Å². The number of rotatable bonds is 9. The number of carbonyl (C=O) groups is 1. The molecule has 0 unspecified atom stereocenters. The third-order valence-corrected chi connectivity index (χ3v) is 5.68. The summed E-state index contributed by atoms with van der Waals surface area (Å²) in [5.74, 6) is 0.968. The highest BCUT2D eigenvalue weighted by atomic mass is 79.9. The fraction of sp³-hybridized carbons (Fsp3) is 0.192.